The molecule has 2 fully saturated rings. The van der Waals surface area contributed by atoms with Crippen molar-refractivity contribution in [2.75, 3.05) is 5.32 Å². The van der Waals surface area contributed by atoms with Gasteiger partial charge in [0.1, 0.15) is 0 Å². The Kier molecular flexibility index (Phi) is 3.92. The summed E-state index contributed by atoms with van der Waals surface area (Å²) in [6, 6.07) is 7.78. The molecule has 2 saturated carbocycles. The number of fused-ring (bicyclic) bond motifs is 3. The van der Waals surface area contributed by atoms with E-state index in [1.807, 2.05) is 0 Å². The molecule has 0 radical (unpaired) electrons. The lowest BCUT2D eigenvalue weighted by atomic mass is 9.67. The molecule has 4 rings (SSSR count). The summed E-state index contributed by atoms with van der Waals surface area (Å²) < 4.78 is 0. The fraction of sp³-hybridized carbons (Fsp3) is 0.700. The lowest BCUT2D eigenvalue weighted by molar-refractivity contribution is 0.276. The molecular weight excluding hydrogens is 254 g/mol. The third kappa shape index (κ3) is 2.72. The highest BCUT2D eigenvalue weighted by molar-refractivity contribution is 5.58. The molecule has 2 atom stereocenters. The molecule has 0 spiro atoms. The first-order valence-electron chi connectivity index (χ1n) is 9.30. The summed E-state index contributed by atoms with van der Waals surface area (Å²) in [6.07, 6.45) is 15.6. The lowest BCUT2D eigenvalue weighted by Gasteiger charge is -2.39. The normalized spacial score (nSPS) is 29.5. The Labute approximate surface area is 129 Å². The van der Waals surface area contributed by atoms with E-state index in [4.69, 9.17) is 0 Å². The molecule has 3 aliphatic rings. The van der Waals surface area contributed by atoms with Gasteiger partial charge < -0.3 is 5.32 Å². The van der Waals surface area contributed by atoms with Gasteiger partial charge in [-0.3, -0.25) is 0 Å². The van der Waals surface area contributed by atoms with Crippen LogP contribution in [0.15, 0.2) is 18.2 Å². The second-order valence-corrected chi connectivity index (χ2v) is 7.55. The highest BCUT2D eigenvalue weighted by atomic mass is 14.9. The predicted molar refractivity (Wildman–Crippen MR) is 90.0 cm³/mol. The number of nitrogens with one attached hydrogen (secondary N) is 1. The zero-order valence-electron chi connectivity index (χ0n) is 13.2. The van der Waals surface area contributed by atoms with Crippen molar-refractivity contribution >= 4 is 5.69 Å². The van der Waals surface area contributed by atoms with Crippen LogP contribution < -0.4 is 5.32 Å². The van der Waals surface area contributed by atoms with Crippen LogP contribution >= 0.6 is 0 Å². The van der Waals surface area contributed by atoms with Crippen LogP contribution in [-0.2, 0) is 6.42 Å². The van der Waals surface area contributed by atoms with Gasteiger partial charge in [0.15, 0.2) is 0 Å². The fourth-order valence-corrected chi connectivity index (χ4v) is 5.14. The van der Waals surface area contributed by atoms with Crippen molar-refractivity contribution in [1.29, 1.82) is 0 Å². The van der Waals surface area contributed by atoms with E-state index in [-0.39, 0.29) is 0 Å². The minimum Gasteiger partial charge on any atom is -0.382 e. The van der Waals surface area contributed by atoms with E-state index in [1.165, 1.54) is 76.3 Å². The number of rotatable bonds is 2. The molecule has 0 aromatic heterocycles. The zero-order chi connectivity index (χ0) is 14.1. The van der Waals surface area contributed by atoms with Crippen molar-refractivity contribution in [3.63, 3.8) is 0 Å². The van der Waals surface area contributed by atoms with Crippen LogP contribution in [-0.4, -0.2) is 6.04 Å². The van der Waals surface area contributed by atoms with Gasteiger partial charge in [-0.15, -0.1) is 0 Å². The van der Waals surface area contributed by atoms with Gasteiger partial charge in [-0.05, 0) is 67.6 Å². The average Bonchev–Trinajstić information content (AvgIpc) is 2.56. The average molecular weight is 283 g/mol. The summed E-state index contributed by atoms with van der Waals surface area (Å²) in [6.45, 7) is 0. The molecule has 0 aliphatic heterocycles. The molecule has 0 saturated heterocycles. The van der Waals surface area contributed by atoms with Gasteiger partial charge in [0.05, 0.1) is 0 Å². The largest absolute Gasteiger partial charge is 0.382 e. The highest BCUT2D eigenvalue weighted by Crippen LogP contribution is 2.47. The maximum Gasteiger partial charge on any atom is 0.0380 e. The van der Waals surface area contributed by atoms with E-state index in [9.17, 15) is 0 Å². The van der Waals surface area contributed by atoms with Crippen molar-refractivity contribution in [3.05, 3.63) is 29.3 Å². The van der Waals surface area contributed by atoms with E-state index in [0.29, 0.717) is 0 Å². The van der Waals surface area contributed by atoms with E-state index < -0.39 is 0 Å². The second-order valence-electron chi connectivity index (χ2n) is 7.55. The standard InChI is InChI=1S/C20H29N/c1-2-9-17(10-3-1)21-19-12-6-8-16-14-13-15-7-4-5-11-18(15)20(16)19/h6,8,12,15,17-18,21H,1-5,7,9-11,13-14H2. The Balaban J connectivity index is 1.62. The van der Waals surface area contributed by atoms with Crippen LogP contribution in [0.2, 0.25) is 0 Å². The third-order valence-corrected chi connectivity index (χ3v) is 6.23. The van der Waals surface area contributed by atoms with Gasteiger partial charge in [0.2, 0.25) is 0 Å². The second kappa shape index (κ2) is 6.02. The molecule has 1 nitrogen and oxygen atoms in total. The molecule has 21 heavy (non-hydrogen) atoms. The number of hydrogen-bond acceptors (Lipinski definition) is 1. The highest BCUT2D eigenvalue weighted by Gasteiger charge is 2.33. The van der Waals surface area contributed by atoms with E-state index >= 15 is 0 Å². The Morgan fingerprint density at radius 1 is 0.810 bits per heavy atom. The Bertz CT molecular complexity index is 487. The molecule has 1 aromatic carbocycles. The summed E-state index contributed by atoms with van der Waals surface area (Å²) >= 11 is 0. The molecule has 0 bridgehead atoms. The van der Waals surface area contributed by atoms with Crippen molar-refractivity contribution in [2.45, 2.75) is 82.6 Å². The topological polar surface area (TPSA) is 12.0 Å². The van der Waals surface area contributed by atoms with Gasteiger partial charge in [0.25, 0.3) is 0 Å². The van der Waals surface area contributed by atoms with Gasteiger partial charge in [-0.2, -0.15) is 0 Å². The number of benzene rings is 1. The Morgan fingerprint density at radius 2 is 1.62 bits per heavy atom. The smallest absolute Gasteiger partial charge is 0.0380 e. The van der Waals surface area contributed by atoms with Crippen LogP contribution in [0.4, 0.5) is 5.69 Å². The lowest BCUT2D eigenvalue weighted by Crippen LogP contribution is -2.28. The monoisotopic (exact) mass is 283 g/mol. The van der Waals surface area contributed by atoms with Crippen molar-refractivity contribution in [1.82, 2.24) is 0 Å². The van der Waals surface area contributed by atoms with E-state index in [0.717, 1.165) is 17.9 Å². The quantitative estimate of drug-likeness (QED) is 0.739. The van der Waals surface area contributed by atoms with Gasteiger partial charge in [-0.25, -0.2) is 0 Å². The Hall–Kier alpha value is -0.980. The minimum absolute atomic E-state index is 0.731. The summed E-state index contributed by atoms with van der Waals surface area (Å²) in [5.74, 6) is 1.83. The first-order valence-corrected chi connectivity index (χ1v) is 9.30. The van der Waals surface area contributed by atoms with Crippen LogP contribution in [0.1, 0.15) is 81.3 Å². The van der Waals surface area contributed by atoms with Crippen LogP contribution in [0, 0.1) is 5.92 Å². The fourth-order valence-electron chi connectivity index (χ4n) is 5.14. The number of anilines is 1. The first-order chi connectivity index (χ1) is 10.4. The third-order valence-electron chi connectivity index (χ3n) is 6.23. The van der Waals surface area contributed by atoms with E-state index in [1.54, 1.807) is 11.1 Å². The first kappa shape index (κ1) is 13.7. The SMILES string of the molecule is c1cc2c(c(NC3CCCCC3)c1)C1CCCCC1CC2. The van der Waals surface area contributed by atoms with Crippen molar-refractivity contribution in [3.8, 4) is 0 Å². The summed E-state index contributed by atoms with van der Waals surface area (Å²) in [7, 11) is 0. The minimum atomic E-state index is 0.731. The molecule has 1 N–H and O–H groups in total. The van der Waals surface area contributed by atoms with Crippen LogP contribution in [0.5, 0.6) is 0 Å². The maximum atomic E-state index is 3.94. The molecule has 2 unspecified atom stereocenters. The molecular formula is C20H29N. The summed E-state index contributed by atoms with van der Waals surface area (Å²) in [5.41, 5.74) is 4.87. The van der Waals surface area contributed by atoms with Crippen LogP contribution in [0.25, 0.3) is 0 Å². The maximum absolute atomic E-state index is 3.94. The zero-order valence-corrected chi connectivity index (χ0v) is 13.2. The predicted octanol–water partition coefficient (Wildman–Crippen LogP) is 5.65. The van der Waals surface area contributed by atoms with Crippen molar-refractivity contribution in [2.24, 2.45) is 5.92 Å². The number of hydrogen-bond donors (Lipinski definition) is 1. The van der Waals surface area contributed by atoms with Crippen LogP contribution in [0.3, 0.4) is 0 Å². The molecule has 0 heterocycles. The number of aryl methyl sites for hydroxylation is 1. The molecule has 0 amide bonds. The molecule has 1 heteroatoms. The van der Waals surface area contributed by atoms with Crippen molar-refractivity contribution < 1.29 is 0 Å². The van der Waals surface area contributed by atoms with Gasteiger partial charge in [0, 0.05) is 11.7 Å². The molecule has 114 valence electrons. The molecule has 1 aromatic rings. The summed E-state index contributed by atoms with van der Waals surface area (Å²) in [4.78, 5) is 0. The van der Waals surface area contributed by atoms with Gasteiger partial charge >= 0.3 is 0 Å². The van der Waals surface area contributed by atoms with Gasteiger partial charge in [-0.1, -0.05) is 44.2 Å². The Morgan fingerprint density at radius 3 is 2.52 bits per heavy atom. The summed E-state index contributed by atoms with van der Waals surface area (Å²) in [5, 5.41) is 3.94. The van der Waals surface area contributed by atoms with E-state index in [2.05, 4.69) is 23.5 Å². The molecule has 3 aliphatic carbocycles.